The Hall–Kier alpha value is -2.48. The molecular weight excluding hydrogens is 618 g/mol. The Kier molecular flexibility index (Phi) is 8.12. The number of hydrogen-bond donors (Lipinski definition) is 0. The second kappa shape index (κ2) is 11.5. The van der Waals surface area contributed by atoms with Crippen molar-refractivity contribution in [1.29, 1.82) is 0 Å². The summed E-state index contributed by atoms with van der Waals surface area (Å²) >= 11 is 13.5. The molecule has 0 atom stereocenters. The summed E-state index contributed by atoms with van der Waals surface area (Å²) in [7, 11) is 0. The molecule has 0 unspecified atom stereocenters. The average Bonchev–Trinajstić information content (AvgIpc) is 2.88. The van der Waals surface area contributed by atoms with Gasteiger partial charge >= 0.3 is 0 Å². The first-order chi connectivity index (χ1) is 17.9. The summed E-state index contributed by atoms with van der Waals surface area (Å²) in [6.07, 6.45) is 7.10. The van der Waals surface area contributed by atoms with E-state index in [9.17, 15) is 4.79 Å². The smallest absolute Gasteiger partial charge is 0.282 e. The molecule has 1 aliphatic carbocycles. The second-order valence-electron chi connectivity index (χ2n) is 9.41. The Balaban J connectivity index is 1.57. The summed E-state index contributed by atoms with van der Waals surface area (Å²) < 4.78 is 9.21. The molecule has 0 saturated heterocycles. The van der Waals surface area contributed by atoms with E-state index in [-0.39, 0.29) is 11.5 Å². The molecule has 5 rings (SSSR count). The molecule has 0 radical (unpaired) electrons. The summed E-state index contributed by atoms with van der Waals surface area (Å²) in [4.78, 5) is 18.6. The van der Waals surface area contributed by atoms with Crippen molar-refractivity contribution in [2.75, 3.05) is 0 Å². The number of aryl methyl sites for hydroxylation is 1. The molecule has 0 aliphatic heterocycles. The Morgan fingerprint density at radius 3 is 2.70 bits per heavy atom. The van der Waals surface area contributed by atoms with Crippen LogP contribution in [0.1, 0.15) is 60.5 Å². The lowest BCUT2D eigenvalue weighted by Crippen LogP contribution is -2.25. The highest BCUT2D eigenvalue weighted by atomic mass is 79.9. The predicted molar refractivity (Wildman–Crippen MR) is 157 cm³/mol. The van der Waals surface area contributed by atoms with Crippen molar-refractivity contribution in [2.24, 2.45) is 5.10 Å². The van der Waals surface area contributed by atoms with Gasteiger partial charge in [-0.05, 0) is 71.6 Å². The molecule has 5 nitrogen and oxygen atoms in total. The number of aromatic nitrogens is 2. The molecule has 3 aromatic carbocycles. The zero-order valence-electron chi connectivity index (χ0n) is 20.4. The fraction of sp³-hybridized carbons (Fsp3) is 0.276. The molecule has 0 bridgehead atoms. The van der Waals surface area contributed by atoms with Gasteiger partial charge in [-0.1, -0.05) is 76.6 Å². The highest BCUT2D eigenvalue weighted by Gasteiger charge is 2.22. The second-order valence-corrected chi connectivity index (χ2v) is 11.6. The number of benzene rings is 3. The summed E-state index contributed by atoms with van der Waals surface area (Å²) in [5.74, 6) is 1.51. The summed E-state index contributed by atoms with van der Waals surface area (Å²) in [5.41, 5.74) is 3.40. The van der Waals surface area contributed by atoms with Crippen LogP contribution in [0.3, 0.4) is 0 Å². The first-order valence-electron chi connectivity index (χ1n) is 12.3. The maximum Gasteiger partial charge on any atom is 0.282 e. The van der Waals surface area contributed by atoms with Gasteiger partial charge in [0.2, 0.25) is 0 Å². The molecule has 37 heavy (non-hydrogen) atoms. The van der Waals surface area contributed by atoms with Crippen molar-refractivity contribution in [3.63, 3.8) is 0 Å². The molecule has 1 fully saturated rings. The predicted octanol–water partition coefficient (Wildman–Crippen LogP) is 8.39. The van der Waals surface area contributed by atoms with Gasteiger partial charge < -0.3 is 4.74 Å². The Morgan fingerprint density at radius 1 is 1.11 bits per heavy atom. The zero-order chi connectivity index (χ0) is 25.9. The van der Waals surface area contributed by atoms with Gasteiger partial charge in [-0.25, -0.2) is 4.98 Å². The van der Waals surface area contributed by atoms with E-state index in [0.717, 1.165) is 40.2 Å². The number of fused-ring (bicyclic) bond motifs is 1. The van der Waals surface area contributed by atoms with E-state index in [2.05, 4.69) is 56.0 Å². The van der Waals surface area contributed by atoms with Crippen molar-refractivity contribution in [1.82, 2.24) is 9.66 Å². The molecule has 4 aromatic rings. The van der Waals surface area contributed by atoms with Gasteiger partial charge in [-0.2, -0.15) is 9.78 Å². The third kappa shape index (κ3) is 6.00. The van der Waals surface area contributed by atoms with Crippen molar-refractivity contribution in [2.45, 2.75) is 51.6 Å². The summed E-state index contributed by atoms with van der Waals surface area (Å²) in [6.45, 7) is 2.44. The van der Waals surface area contributed by atoms with Crippen LogP contribution in [0.25, 0.3) is 10.9 Å². The number of hydrogen-bond acceptors (Lipinski definition) is 4. The minimum Gasteiger partial charge on any atom is -0.487 e. The number of rotatable bonds is 6. The van der Waals surface area contributed by atoms with Crippen LogP contribution in [0.2, 0.25) is 5.02 Å². The summed E-state index contributed by atoms with van der Waals surface area (Å²) in [5, 5.41) is 5.75. The molecule has 190 valence electrons. The molecule has 1 heterocycles. The maximum absolute atomic E-state index is 13.6. The third-order valence-electron chi connectivity index (χ3n) is 6.62. The molecule has 0 spiro atoms. The SMILES string of the molecule is Cc1cccc(COc2c(Br)cc(Cl)cc2C=Nn2c(C3CCCCC3)nc3ccc(Br)cc3c2=O)c1. The molecule has 1 aliphatic rings. The van der Waals surface area contributed by atoms with Crippen LogP contribution < -0.4 is 10.3 Å². The van der Waals surface area contributed by atoms with E-state index >= 15 is 0 Å². The first-order valence-corrected chi connectivity index (χ1v) is 14.3. The van der Waals surface area contributed by atoms with Crippen LogP contribution in [-0.2, 0) is 6.61 Å². The van der Waals surface area contributed by atoms with Crippen LogP contribution in [0.5, 0.6) is 5.75 Å². The minimum atomic E-state index is -0.188. The van der Waals surface area contributed by atoms with E-state index in [1.54, 1.807) is 24.4 Å². The Labute approximate surface area is 237 Å². The standard InChI is InChI=1S/C29H26Br2ClN3O2/c1-18-6-5-7-19(12-18)17-37-27-21(13-23(32)15-25(27)31)16-33-35-28(20-8-3-2-4-9-20)34-26-11-10-22(30)14-24(26)29(35)36/h5-7,10-16,20H,2-4,8-9,17H2,1H3. The van der Waals surface area contributed by atoms with Crippen molar-refractivity contribution in [3.05, 3.63) is 101 Å². The molecular formula is C29H26Br2ClN3O2. The van der Waals surface area contributed by atoms with E-state index < -0.39 is 0 Å². The monoisotopic (exact) mass is 641 g/mol. The van der Waals surface area contributed by atoms with Gasteiger partial charge in [-0.15, -0.1) is 0 Å². The number of nitrogens with zero attached hydrogens (tertiary/aromatic N) is 3. The largest absolute Gasteiger partial charge is 0.487 e. The Morgan fingerprint density at radius 2 is 1.92 bits per heavy atom. The molecule has 8 heteroatoms. The van der Waals surface area contributed by atoms with Gasteiger partial charge in [-0.3, -0.25) is 4.79 Å². The average molecular weight is 644 g/mol. The van der Waals surface area contributed by atoms with E-state index in [4.69, 9.17) is 21.3 Å². The van der Waals surface area contributed by atoms with E-state index in [1.165, 1.54) is 16.7 Å². The van der Waals surface area contributed by atoms with Crippen LogP contribution in [0.15, 0.2) is 73.4 Å². The summed E-state index contributed by atoms with van der Waals surface area (Å²) in [6, 6.07) is 17.4. The fourth-order valence-corrected chi connectivity index (χ4v) is 6.12. The van der Waals surface area contributed by atoms with Crippen LogP contribution >= 0.6 is 43.5 Å². The van der Waals surface area contributed by atoms with Crippen LogP contribution in [0, 0.1) is 6.92 Å². The fourth-order valence-electron chi connectivity index (χ4n) is 4.81. The highest BCUT2D eigenvalue weighted by Crippen LogP contribution is 2.34. The lowest BCUT2D eigenvalue weighted by atomic mass is 9.88. The van der Waals surface area contributed by atoms with Crippen molar-refractivity contribution in [3.8, 4) is 5.75 Å². The highest BCUT2D eigenvalue weighted by molar-refractivity contribution is 9.10. The maximum atomic E-state index is 13.6. The van der Waals surface area contributed by atoms with Crippen LogP contribution in [0.4, 0.5) is 0 Å². The molecule has 0 N–H and O–H groups in total. The van der Waals surface area contributed by atoms with E-state index in [1.807, 2.05) is 24.3 Å². The lowest BCUT2D eigenvalue weighted by molar-refractivity contribution is 0.303. The quantitative estimate of drug-likeness (QED) is 0.198. The Bertz CT molecular complexity index is 1540. The molecule has 0 amide bonds. The van der Waals surface area contributed by atoms with Gasteiger partial charge in [0.05, 0.1) is 21.6 Å². The third-order valence-corrected chi connectivity index (χ3v) is 7.92. The normalized spacial score (nSPS) is 14.5. The molecule has 1 aromatic heterocycles. The van der Waals surface area contributed by atoms with Gasteiger partial charge in [0.25, 0.3) is 5.56 Å². The van der Waals surface area contributed by atoms with Crippen LogP contribution in [-0.4, -0.2) is 15.9 Å². The lowest BCUT2D eigenvalue weighted by Gasteiger charge is -2.22. The minimum absolute atomic E-state index is 0.188. The van der Waals surface area contributed by atoms with E-state index in [0.29, 0.717) is 39.7 Å². The molecule has 1 saturated carbocycles. The zero-order valence-corrected chi connectivity index (χ0v) is 24.3. The first kappa shape index (κ1) is 26.1. The van der Waals surface area contributed by atoms with Crippen molar-refractivity contribution >= 4 is 60.6 Å². The topological polar surface area (TPSA) is 56.5 Å². The van der Waals surface area contributed by atoms with Gasteiger partial charge in [0.15, 0.2) is 0 Å². The van der Waals surface area contributed by atoms with Crippen molar-refractivity contribution < 1.29 is 4.74 Å². The number of halogens is 3. The van der Waals surface area contributed by atoms with Gasteiger partial charge in [0, 0.05) is 21.0 Å². The number of ether oxygens (including phenoxy) is 1. The van der Waals surface area contributed by atoms with Gasteiger partial charge in [0.1, 0.15) is 18.2 Å².